The van der Waals surface area contributed by atoms with Gasteiger partial charge in [0.1, 0.15) is 5.75 Å². The molecule has 0 saturated heterocycles. The number of aromatic hydroxyl groups is 1. The second-order valence-corrected chi connectivity index (χ2v) is 7.97. The third-order valence-electron chi connectivity index (χ3n) is 5.87. The maximum absolute atomic E-state index is 10.4. The quantitative estimate of drug-likeness (QED) is 0.679. The van der Waals surface area contributed by atoms with Crippen LogP contribution in [0.1, 0.15) is 45.1 Å². The second-order valence-electron chi connectivity index (χ2n) is 7.69. The van der Waals surface area contributed by atoms with Gasteiger partial charge in [0, 0.05) is 20.9 Å². The molecule has 5 atom stereocenters. The summed E-state index contributed by atoms with van der Waals surface area (Å²) >= 11 is 0. The average Bonchev–Trinajstić information content (AvgIpc) is 2.61. The molecular formula is C22H29O2P. The van der Waals surface area contributed by atoms with Crippen LogP contribution in [0.3, 0.4) is 0 Å². The Morgan fingerprint density at radius 2 is 1.64 bits per heavy atom. The lowest BCUT2D eigenvalue weighted by Gasteiger charge is -2.43. The minimum Gasteiger partial charge on any atom is -0.507 e. The molecule has 1 saturated carbocycles. The Bertz CT molecular complexity index is 713. The molecule has 3 rings (SSSR count). The van der Waals surface area contributed by atoms with Crippen molar-refractivity contribution in [1.29, 1.82) is 0 Å². The largest absolute Gasteiger partial charge is 0.507 e. The van der Waals surface area contributed by atoms with Gasteiger partial charge in [-0.15, -0.1) is 0 Å². The number of benzene rings is 2. The minimum absolute atomic E-state index is 0.181. The molecule has 1 aliphatic carbocycles. The molecule has 0 radical (unpaired) electrons. The van der Waals surface area contributed by atoms with Crippen molar-refractivity contribution >= 4 is 9.47 Å². The Balaban J connectivity index is 2.10. The number of rotatable bonds is 4. The summed E-state index contributed by atoms with van der Waals surface area (Å²) in [5.41, 5.74) is 3.31. The third-order valence-corrected chi connectivity index (χ3v) is 6.19. The molecule has 1 aliphatic rings. The van der Waals surface area contributed by atoms with Crippen molar-refractivity contribution in [1.82, 2.24) is 0 Å². The molecule has 134 valence electrons. The predicted octanol–water partition coefficient (Wildman–Crippen LogP) is 6.02. The maximum atomic E-state index is 10.4. The van der Waals surface area contributed by atoms with E-state index >= 15 is 0 Å². The Labute approximate surface area is 153 Å². The summed E-state index contributed by atoms with van der Waals surface area (Å²) in [5.74, 6) is 2.36. The van der Waals surface area contributed by atoms with Gasteiger partial charge in [0.05, 0.1) is 6.10 Å². The highest BCUT2D eigenvalue weighted by atomic mass is 31.0. The molecule has 5 unspecified atom stereocenters. The van der Waals surface area contributed by atoms with Gasteiger partial charge in [0.2, 0.25) is 0 Å². The van der Waals surface area contributed by atoms with Gasteiger partial charge in [-0.1, -0.05) is 63.2 Å². The summed E-state index contributed by atoms with van der Waals surface area (Å²) in [4.78, 5) is 0. The van der Waals surface area contributed by atoms with E-state index in [1.807, 2.05) is 18.2 Å². The van der Waals surface area contributed by atoms with Crippen LogP contribution in [-0.2, 0) is 4.52 Å². The molecule has 0 bridgehead atoms. The van der Waals surface area contributed by atoms with Crippen molar-refractivity contribution in [3.05, 3.63) is 54.1 Å². The van der Waals surface area contributed by atoms with E-state index in [1.54, 1.807) is 6.07 Å². The average molecular weight is 356 g/mol. The molecule has 0 spiro atoms. The summed E-state index contributed by atoms with van der Waals surface area (Å²) < 4.78 is 5.98. The Morgan fingerprint density at radius 1 is 1.00 bits per heavy atom. The summed E-state index contributed by atoms with van der Waals surface area (Å²) in [6.45, 7) is 6.92. The summed E-state index contributed by atoms with van der Waals surface area (Å²) in [6, 6.07) is 16.1. The van der Waals surface area contributed by atoms with E-state index in [0.717, 1.165) is 11.1 Å². The van der Waals surface area contributed by atoms with Gasteiger partial charge in [0.25, 0.3) is 0 Å². The number of phenolic OH excluding ortho intramolecular Hbond substituents is 1. The zero-order valence-corrected chi connectivity index (χ0v) is 16.5. The van der Waals surface area contributed by atoms with Gasteiger partial charge < -0.3 is 9.63 Å². The highest BCUT2D eigenvalue weighted by molar-refractivity contribution is 7.09. The fourth-order valence-electron chi connectivity index (χ4n) is 4.51. The minimum atomic E-state index is 0.181. The first kappa shape index (κ1) is 18.4. The molecule has 2 aromatic carbocycles. The van der Waals surface area contributed by atoms with Crippen molar-refractivity contribution in [2.45, 2.75) is 45.6 Å². The van der Waals surface area contributed by atoms with Crippen LogP contribution in [0.2, 0.25) is 0 Å². The van der Waals surface area contributed by atoms with Crippen molar-refractivity contribution in [3.63, 3.8) is 0 Å². The van der Waals surface area contributed by atoms with Crippen LogP contribution in [-0.4, -0.2) is 11.2 Å². The topological polar surface area (TPSA) is 29.5 Å². The molecule has 1 N–H and O–H groups in total. The molecule has 3 heteroatoms. The van der Waals surface area contributed by atoms with E-state index in [9.17, 15) is 5.11 Å². The zero-order valence-electron chi connectivity index (χ0n) is 15.4. The van der Waals surface area contributed by atoms with Crippen molar-refractivity contribution in [2.75, 3.05) is 0 Å². The fourth-order valence-corrected chi connectivity index (χ4v) is 4.88. The van der Waals surface area contributed by atoms with Crippen LogP contribution >= 0.6 is 9.47 Å². The molecule has 0 aromatic heterocycles. The third kappa shape index (κ3) is 3.61. The first-order valence-corrected chi connectivity index (χ1v) is 9.74. The van der Waals surface area contributed by atoms with Gasteiger partial charge in [-0.3, -0.25) is 0 Å². The van der Waals surface area contributed by atoms with Gasteiger partial charge in [0.15, 0.2) is 0 Å². The molecule has 0 aliphatic heterocycles. The zero-order chi connectivity index (χ0) is 18.0. The summed E-state index contributed by atoms with van der Waals surface area (Å²) in [6.07, 6.45) is 2.61. The predicted molar refractivity (Wildman–Crippen MR) is 108 cm³/mol. The SMILES string of the molecule is CC(C)C1CCC(C)C(c2ccccc2-c2ccccc2O)C1OP. The van der Waals surface area contributed by atoms with E-state index < -0.39 is 0 Å². The lowest BCUT2D eigenvalue weighted by atomic mass is 9.66. The highest BCUT2D eigenvalue weighted by Crippen LogP contribution is 2.48. The van der Waals surface area contributed by atoms with Gasteiger partial charge in [-0.25, -0.2) is 0 Å². The van der Waals surface area contributed by atoms with E-state index in [-0.39, 0.29) is 6.10 Å². The number of phenols is 1. The molecular weight excluding hydrogens is 327 g/mol. The lowest BCUT2D eigenvalue weighted by Crippen LogP contribution is -2.39. The van der Waals surface area contributed by atoms with E-state index in [1.165, 1.54) is 18.4 Å². The molecule has 25 heavy (non-hydrogen) atoms. The van der Waals surface area contributed by atoms with E-state index in [4.69, 9.17) is 4.52 Å². The molecule has 1 fully saturated rings. The summed E-state index contributed by atoms with van der Waals surface area (Å²) in [5, 5.41) is 10.4. The van der Waals surface area contributed by atoms with Crippen molar-refractivity contribution < 1.29 is 9.63 Å². The van der Waals surface area contributed by atoms with Gasteiger partial charge >= 0.3 is 0 Å². The smallest absolute Gasteiger partial charge is 0.123 e. The van der Waals surface area contributed by atoms with E-state index in [0.29, 0.717) is 29.4 Å². The van der Waals surface area contributed by atoms with Crippen LogP contribution in [0.25, 0.3) is 11.1 Å². The maximum Gasteiger partial charge on any atom is 0.123 e. The Morgan fingerprint density at radius 3 is 2.28 bits per heavy atom. The fraction of sp³-hybridized carbons (Fsp3) is 0.455. The van der Waals surface area contributed by atoms with Crippen LogP contribution in [0.15, 0.2) is 48.5 Å². The van der Waals surface area contributed by atoms with Gasteiger partial charge in [-0.2, -0.15) is 0 Å². The molecule has 2 nitrogen and oxygen atoms in total. The van der Waals surface area contributed by atoms with Gasteiger partial charge in [-0.05, 0) is 47.8 Å². The number of hydrogen-bond donors (Lipinski definition) is 1. The first-order chi connectivity index (χ1) is 12.0. The van der Waals surface area contributed by atoms with Crippen molar-refractivity contribution in [2.24, 2.45) is 17.8 Å². The van der Waals surface area contributed by atoms with Crippen LogP contribution in [0, 0.1) is 17.8 Å². The second kappa shape index (κ2) is 7.89. The highest BCUT2D eigenvalue weighted by Gasteiger charge is 2.40. The van der Waals surface area contributed by atoms with E-state index in [2.05, 4.69) is 54.5 Å². The number of para-hydroxylation sites is 1. The standard InChI is InChI=1S/C22H29O2P/c1-14(2)16-13-12-15(3)21(22(16)24-25)19-10-5-4-8-17(19)18-9-6-7-11-20(18)23/h4-11,14-16,21-23H,12-13,25H2,1-3H3. The lowest BCUT2D eigenvalue weighted by molar-refractivity contribution is 0.0377. The molecule has 0 heterocycles. The van der Waals surface area contributed by atoms with Crippen LogP contribution in [0.5, 0.6) is 5.75 Å². The molecule has 2 aromatic rings. The summed E-state index contributed by atoms with van der Waals surface area (Å²) in [7, 11) is 2.51. The molecule has 0 amide bonds. The van der Waals surface area contributed by atoms with Crippen molar-refractivity contribution in [3.8, 4) is 16.9 Å². The Kier molecular flexibility index (Phi) is 5.81. The van der Waals surface area contributed by atoms with Crippen LogP contribution in [0.4, 0.5) is 0 Å². The number of hydrogen-bond acceptors (Lipinski definition) is 2. The monoisotopic (exact) mass is 356 g/mol. The normalized spacial score (nSPS) is 26.8. The first-order valence-electron chi connectivity index (χ1n) is 9.27. The Hall–Kier alpha value is -1.37. The van der Waals surface area contributed by atoms with Crippen LogP contribution < -0.4 is 0 Å².